The van der Waals surface area contributed by atoms with Crippen LogP contribution in [0.3, 0.4) is 0 Å². The van der Waals surface area contributed by atoms with Crippen molar-refractivity contribution in [3.8, 4) is 12.1 Å². The SMILES string of the molecule is CC(CCC#N)N=NC(C)CCC#N. The fourth-order valence-electron chi connectivity index (χ4n) is 0.890. The summed E-state index contributed by atoms with van der Waals surface area (Å²) in [7, 11) is 0. The predicted molar refractivity (Wildman–Crippen MR) is 53.5 cm³/mol. The molecule has 2 unspecified atom stereocenters. The van der Waals surface area contributed by atoms with Crippen molar-refractivity contribution >= 4 is 0 Å². The number of nitrogens with zero attached hydrogens (tertiary/aromatic N) is 4. The molecule has 0 amide bonds. The van der Waals surface area contributed by atoms with Gasteiger partial charge in [-0.1, -0.05) is 0 Å². The van der Waals surface area contributed by atoms with E-state index in [1.54, 1.807) is 0 Å². The molecule has 0 saturated carbocycles. The molecular weight excluding hydrogens is 176 g/mol. The van der Waals surface area contributed by atoms with Gasteiger partial charge in [0.15, 0.2) is 0 Å². The summed E-state index contributed by atoms with van der Waals surface area (Å²) in [6.07, 6.45) is 2.55. The second-order valence-corrected chi connectivity index (χ2v) is 3.32. The lowest BCUT2D eigenvalue weighted by Crippen LogP contribution is -2.00. The van der Waals surface area contributed by atoms with Crippen molar-refractivity contribution in [3.63, 3.8) is 0 Å². The zero-order valence-corrected chi connectivity index (χ0v) is 8.77. The van der Waals surface area contributed by atoms with Crippen LogP contribution in [0.4, 0.5) is 0 Å². The Hall–Kier alpha value is -1.42. The highest BCUT2D eigenvalue weighted by Crippen LogP contribution is 2.05. The van der Waals surface area contributed by atoms with Gasteiger partial charge in [0.1, 0.15) is 0 Å². The van der Waals surface area contributed by atoms with Gasteiger partial charge in [-0.2, -0.15) is 20.8 Å². The first-order chi connectivity index (χ1) is 6.70. The van der Waals surface area contributed by atoms with Gasteiger partial charge >= 0.3 is 0 Å². The summed E-state index contributed by atoms with van der Waals surface area (Å²) >= 11 is 0. The molecule has 14 heavy (non-hydrogen) atoms. The van der Waals surface area contributed by atoms with Crippen molar-refractivity contribution in [1.29, 1.82) is 10.5 Å². The molecular formula is C10H16N4. The lowest BCUT2D eigenvalue weighted by molar-refractivity contribution is 0.575. The van der Waals surface area contributed by atoms with Crippen molar-refractivity contribution in [1.82, 2.24) is 0 Å². The van der Waals surface area contributed by atoms with Gasteiger partial charge in [0.25, 0.3) is 0 Å². The third kappa shape index (κ3) is 7.24. The van der Waals surface area contributed by atoms with Gasteiger partial charge in [-0.05, 0) is 26.7 Å². The molecule has 0 saturated heterocycles. The minimum absolute atomic E-state index is 0.110. The van der Waals surface area contributed by atoms with Crippen LogP contribution in [0, 0.1) is 22.7 Å². The van der Waals surface area contributed by atoms with E-state index in [1.165, 1.54) is 0 Å². The highest BCUT2D eigenvalue weighted by Gasteiger charge is 2.01. The summed E-state index contributed by atoms with van der Waals surface area (Å²) in [4.78, 5) is 0. The summed E-state index contributed by atoms with van der Waals surface area (Å²) in [5.74, 6) is 0. The Morgan fingerprint density at radius 3 is 1.57 bits per heavy atom. The Bertz CT molecular complexity index is 220. The van der Waals surface area contributed by atoms with Crippen LogP contribution in [0.5, 0.6) is 0 Å². The molecule has 0 aromatic heterocycles. The zero-order valence-electron chi connectivity index (χ0n) is 8.77. The van der Waals surface area contributed by atoms with Crippen molar-refractivity contribution in [2.45, 2.75) is 51.6 Å². The van der Waals surface area contributed by atoms with Crippen LogP contribution in [0.2, 0.25) is 0 Å². The molecule has 76 valence electrons. The van der Waals surface area contributed by atoms with Crippen LogP contribution in [0.15, 0.2) is 10.2 Å². The van der Waals surface area contributed by atoms with Gasteiger partial charge in [-0.3, -0.25) is 0 Å². The maximum absolute atomic E-state index is 8.35. The van der Waals surface area contributed by atoms with E-state index in [0.29, 0.717) is 12.8 Å². The summed E-state index contributed by atoms with van der Waals surface area (Å²) < 4.78 is 0. The van der Waals surface area contributed by atoms with E-state index in [-0.39, 0.29) is 12.1 Å². The number of azo groups is 1. The molecule has 0 fully saturated rings. The Balaban J connectivity index is 3.69. The molecule has 0 aromatic rings. The molecule has 4 nitrogen and oxygen atoms in total. The average Bonchev–Trinajstić information content (AvgIpc) is 2.20. The first kappa shape index (κ1) is 12.6. The van der Waals surface area contributed by atoms with Gasteiger partial charge in [-0.25, -0.2) is 0 Å². The first-order valence-corrected chi connectivity index (χ1v) is 4.84. The molecule has 0 N–H and O–H groups in total. The maximum atomic E-state index is 8.35. The second-order valence-electron chi connectivity index (χ2n) is 3.32. The molecule has 0 bridgehead atoms. The monoisotopic (exact) mass is 192 g/mol. The number of rotatable bonds is 6. The van der Waals surface area contributed by atoms with E-state index in [4.69, 9.17) is 10.5 Å². The van der Waals surface area contributed by atoms with E-state index in [2.05, 4.69) is 22.4 Å². The number of hydrogen-bond acceptors (Lipinski definition) is 4. The lowest BCUT2D eigenvalue weighted by Gasteiger charge is -2.04. The molecule has 0 heterocycles. The van der Waals surface area contributed by atoms with Gasteiger partial charge in [0.2, 0.25) is 0 Å². The normalized spacial score (nSPS) is 14.6. The van der Waals surface area contributed by atoms with Crippen LogP contribution in [0.1, 0.15) is 39.5 Å². The number of hydrogen-bond donors (Lipinski definition) is 0. The Labute approximate surface area is 85.3 Å². The van der Waals surface area contributed by atoms with Gasteiger partial charge in [0.05, 0.1) is 24.2 Å². The Morgan fingerprint density at radius 1 is 0.929 bits per heavy atom. The van der Waals surface area contributed by atoms with E-state index >= 15 is 0 Å². The van der Waals surface area contributed by atoms with Gasteiger partial charge in [-0.15, -0.1) is 0 Å². The molecule has 0 radical (unpaired) electrons. The highest BCUT2D eigenvalue weighted by atomic mass is 15.1. The van der Waals surface area contributed by atoms with Crippen LogP contribution >= 0.6 is 0 Å². The summed E-state index contributed by atoms with van der Waals surface area (Å²) in [6.45, 7) is 3.88. The average molecular weight is 192 g/mol. The minimum atomic E-state index is 0.110. The Morgan fingerprint density at radius 2 is 1.29 bits per heavy atom. The third-order valence-electron chi connectivity index (χ3n) is 1.81. The smallest absolute Gasteiger partial charge is 0.0690 e. The summed E-state index contributed by atoms with van der Waals surface area (Å²) in [5.41, 5.74) is 0. The molecule has 0 aliphatic heterocycles. The molecule has 4 heteroatoms. The molecule has 0 rings (SSSR count). The van der Waals surface area contributed by atoms with Gasteiger partial charge in [0, 0.05) is 12.8 Å². The maximum Gasteiger partial charge on any atom is 0.0690 e. The molecule has 0 spiro atoms. The first-order valence-electron chi connectivity index (χ1n) is 4.84. The van der Waals surface area contributed by atoms with E-state index in [0.717, 1.165) is 12.8 Å². The van der Waals surface area contributed by atoms with E-state index in [1.807, 2.05) is 13.8 Å². The quantitative estimate of drug-likeness (QED) is 0.607. The van der Waals surface area contributed by atoms with E-state index in [9.17, 15) is 0 Å². The summed E-state index contributed by atoms with van der Waals surface area (Å²) in [6, 6.07) is 4.37. The number of nitriles is 2. The van der Waals surface area contributed by atoms with Crippen LogP contribution in [-0.2, 0) is 0 Å². The van der Waals surface area contributed by atoms with Crippen LogP contribution < -0.4 is 0 Å². The van der Waals surface area contributed by atoms with Gasteiger partial charge < -0.3 is 0 Å². The zero-order chi connectivity index (χ0) is 10.8. The Kier molecular flexibility index (Phi) is 7.36. The van der Waals surface area contributed by atoms with Crippen LogP contribution in [0.25, 0.3) is 0 Å². The fraction of sp³-hybridized carbons (Fsp3) is 0.800. The van der Waals surface area contributed by atoms with E-state index < -0.39 is 0 Å². The largest absolute Gasteiger partial charge is 0.198 e. The molecule has 2 atom stereocenters. The third-order valence-corrected chi connectivity index (χ3v) is 1.81. The topological polar surface area (TPSA) is 72.3 Å². The van der Waals surface area contributed by atoms with Crippen molar-refractivity contribution < 1.29 is 0 Å². The predicted octanol–water partition coefficient (Wildman–Crippen LogP) is 2.82. The standard InChI is InChI=1S/C10H16N4/c1-9(5-3-7-11)13-14-10(2)6-4-8-12/h9-10H,3-6H2,1-2H3. The summed E-state index contributed by atoms with van der Waals surface area (Å²) in [5, 5.41) is 24.9. The highest BCUT2D eigenvalue weighted by molar-refractivity contribution is 4.74. The van der Waals surface area contributed by atoms with Crippen molar-refractivity contribution in [2.75, 3.05) is 0 Å². The molecule has 0 aliphatic rings. The van der Waals surface area contributed by atoms with Crippen LogP contribution in [-0.4, -0.2) is 12.1 Å². The van der Waals surface area contributed by atoms with Crippen molar-refractivity contribution in [2.24, 2.45) is 10.2 Å². The minimum Gasteiger partial charge on any atom is -0.198 e. The second kappa shape index (κ2) is 8.19. The molecule has 0 aromatic carbocycles. The van der Waals surface area contributed by atoms with Crippen molar-refractivity contribution in [3.05, 3.63) is 0 Å². The lowest BCUT2D eigenvalue weighted by atomic mass is 10.2. The molecule has 0 aliphatic carbocycles. The fourth-order valence-corrected chi connectivity index (χ4v) is 0.890.